The Morgan fingerprint density at radius 1 is 1.74 bits per heavy atom. The molecule has 7 heteroatoms. The SMILES string of the molecule is COCCCC(Nc1nccc(C#N)c1Cl)C(=O)O. The molecule has 2 N–H and O–H groups in total. The molecule has 0 aliphatic carbocycles. The number of carboxylic acid groups (broad SMARTS) is 1. The number of carboxylic acids is 1. The molecule has 0 aliphatic heterocycles. The number of anilines is 1. The number of pyridine rings is 1. The van der Waals surface area contributed by atoms with Crippen molar-refractivity contribution in [2.24, 2.45) is 0 Å². The minimum atomic E-state index is -1.00. The first-order valence-corrected chi connectivity index (χ1v) is 6.00. The van der Waals surface area contributed by atoms with E-state index in [0.717, 1.165) is 0 Å². The van der Waals surface area contributed by atoms with Crippen molar-refractivity contribution in [2.45, 2.75) is 18.9 Å². The van der Waals surface area contributed by atoms with Gasteiger partial charge in [0.15, 0.2) is 0 Å². The van der Waals surface area contributed by atoms with E-state index in [1.165, 1.54) is 12.3 Å². The second kappa shape index (κ2) is 7.56. The molecule has 0 amide bonds. The molecular formula is C12H14ClN3O3. The van der Waals surface area contributed by atoms with Crippen LogP contribution >= 0.6 is 11.6 Å². The highest BCUT2D eigenvalue weighted by atomic mass is 35.5. The molecule has 1 rings (SSSR count). The highest BCUT2D eigenvalue weighted by Gasteiger charge is 2.19. The zero-order valence-electron chi connectivity index (χ0n) is 10.4. The van der Waals surface area contributed by atoms with Gasteiger partial charge in [-0.05, 0) is 18.9 Å². The van der Waals surface area contributed by atoms with E-state index in [0.29, 0.717) is 19.4 Å². The first-order valence-electron chi connectivity index (χ1n) is 5.63. The van der Waals surface area contributed by atoms with Gasteiger partial charge in [-0.1, -0.05) is 11.6 Å². The summed E-state index contributed by atoms with van der Waals surface area (Å²) in [6.07, 6.45) is 2.37. The van der Waals surface area contributed by atoms with E-state index in [2.05, 4.69) is 10.3 Å². The van der Waals surface area contributed by atoms with Crippen molar-refractivity contribution in [3.05, 3.63) is 22.8 Å². The number of hydrogen-bond donors (Lipinski definition) is 2. The molecule has 0 aromatic carbocycles. The van der Waals surface area contributed by atoms with Crippen LogP contribution in [-0.4, -0.2) is 35.8 Å². The predicted octanol–water partition coefficient (Wildman–Crippen LogP) is 1.90. The van der Waals surface area contributed by atoms with Gasteiger partial charge in [-0.3, -0.25) is 0 Å². The van der Waals surface area contributed by atoms with Gasteiger partial charge in [0.2, 0.25) is 0 Å². The topological polar surface area (TPSA) is 95.2 Å². The maximum absolute atomic E-state index is 11.1. The van der Waals surface area contributed by atoms with Gasteiger partial charge in [0, 0.05) is 19.9 Å². The predicted molar refractivity (Wildman–Crippen MR) is 70.1 cm³/mol. The van der Waals surface area contributed by atoms with Gasteiger partial charge in [-0.25, -0.2) is 9.78 Å². The summed E-state index contributed by atoms with van der Waals surface area (Å²) in [5, 5.41) is 20.8. The highest BCUT2D eigenvalue weighted by molar-refractivity contribution is 6.34. The fraction of sp³-hybridized carbons (Fsp3) is 0.417. The number of rotatable bonds is 7. The van der Waals surface area contributed by atoms with Crippen LogP contribution in [0.4, 0.5) is 5.82 Å². The zero-order chi connectivity index (χ0) is 14.3. The number of methoxy groups -OCH3 is 1. The van der Waals surface area contributed by atoms with Gasteiger partial charge in [0.1, 0.15) is 23.0 Å². The molecule has 19 heavy (non-hydrogen) atoms. The number of nitrogens with zero attached hydrogens (tertiary/aromatic N) is 2. The van der Waals surface area contributed by atoms with Crippen LogP contribution in [0.2, 0.25) is 5.02 Å². The number of aliphatic carboxylic acids is 1. The quantitative estimate of drug-likeness (QED) is 0.742. The van der Waals surface area contributed by atoms with Crippen LogP contribution in [0, 0.1) is 11.3 Å². The average molecular weight is 284 g/mol. The van der Waals surface area contributed by atoms with Gasteiger partial charge in [0.05, 0.1) is 5.56 Å². The minimum Gasteiger partial charge on any atom is -0.480 e. The summed E-state index contributed by atoms with van der Waals surface area (Å²) in [6.45, 7) is 0.477. The number of nitrogens with one attached hydrogen (secondary N) is 1. The normalized spacial score (nSPS) is 11.6. The molecule has 0 spiro atoms. The largest absolute Gasteiger partial charge is 0.480 e. The maximum Gasteiger partial charge on any atom is 0.326 e. The number of aromatic nitrogens is 1. The molecule has 1 aromatic rings. The zero-order valence-corrected chi connectivity index (χ0v) is 11.1. The second-order valence-electron chi connectivity index (χ2n) is 3.80. The fourth-order valence-electron chi connectivity index (χ4n) is 1.48. The Labute approximate surface area is 116 Å². The summed E-state index contributed by atoms with van der Waals surface area (Å²) < 4.78 is 4.88. The van der Waals surface area contributed by atoms with E-state index in [1.807, 2.05) is 6.07 Å². The van der Waals surface area contributed by atoms with Gasteiger partial charge in [-0.2, -0.15) is 5.26 Å². The third-order valence-corrected chi connectivity index (χ3v) is 2.84. The first kappa shape index (κ1) is 15.2. The Hall–Kier alpha value is -1.84. The molecular weight excluding hydrogens is 270 g/mol. The third kappa shape index (κ3) is 4.39. The van der Waals surface area contributed by atoms with Crippen LogP contribution in [0.1, 0.15) is 18.4 Å². The molecule has 0 aliphatic rings. The van der Waals surface area contributed by atoms with Crippen molar-refractivity contribution in [1.82, 2.24) is 4.98 Å². The Kier molecular flexibility index (Phi) is 6.06. The molecule has 0 saturated heterocycles. The Bertz CT molecular complexity index is 488. The number of carbonyl (C=O) groups is 1. The highest BCUT2D eigenvalue weighted by Crippen LogP contribution is 2.23. The van der Waals surface area contributed by atoms with Crippen molar-refractivity contribution in [1.29, 1.82) is 5.26 Å². The molecule has 1 unspecified atom stereocenters. The molecule has 6 nitrogen and oxygen atoms in total. The standard InChI is InChI=1S/C12H14ClN3O3/c1-19-6-2-3-9(12(17)18)16-11-10(13)8(7-14)4-5-15-11/h4-5,9H,2-3,6H2,1H3,(H,15,16)(H,17,18). The molecule has 0 radical (unpaired) electrons. The van der Waals surface area contributed by atoms with Crippen LogP contribution in [0.15, 0.2) is 12.3 Å². The Balaban J connectivity index is 2.80. The molecule has 1 atom stereocenters. The van der Waals surface area contributed by atoms with Crippen molar-refractivity contribution in [3.8, 4) is 6.07 Å². The summed E-state index contributed by atoms with van der Waals surface area (Å²) in [4.78, 5) is 15.1. The van der Waals surface area contributed by atoms with Crippen LogP contribution < -0.4 is 5.32 Å². The van der Waals surface area contributed by atoms with Crippen LogP contribution in [0.25, 0.3) is 0 Å². The van der Waals surface area contributed by atoms with Crippen molar-refractivity contribution in [2.75, 3.05) is 19.0 Å². The Morgan fingerprint density at radius 2 is 2.47 bits per heavy atom. The van der Waals surface area contributed by atoms with E-state index in [1.54, 1.807) is 7.11 Å². The van der Waals surface area contributed by atoms with Crippen LogP contribution in [-0.2, 0) is 9.53 Å². The van der Waals surface area contributed by atoms with Crippen LogP contribution in [0.3, 0.4) is 0 Å². The molecule has 102 valence electrons. The maximum atomic E-state index is 11.1. The fourth-order valence-corrected chi connectivity index (χ4v) is 1.69. The summed E-state index contributed by atoms with van der Waals surface area (Å²) >= 11 is 5.95. The summed E-state index contributed by atoms with van der Waals surface area (Å²) in [5.41, 5.74) is 0.250. The van der Waals surface area contributed by atoms with Gasteiger partial charge >= 0.3 is 5.97 Å². The first-order chi connectivity index (χ1) is 9.10. The van der Waals surface area contributed by atoms with E-state index in [9.17, 15) is 4.79 Å². The van der Waals surface area contributed by atoms with Gasteiger partial charge in [-0.15, -0.1) is 0 Å². The lowest BCUT2D eigenvalue weighted by atomic mass is 10.1. The smallest absolute Gasteiger partial charge is 0.326 e. The van der Waals surface area contributed by atoms with Crippen molar-refractivity contribution in [3.63, 3.8) is 0 Å². The lowest BCUT2D eigenvalue weighted by molar-refractivity contribution is -0.138. The third-order valence-electron chi connectivity index (χ3n) is 2.46. The summed E-state index contributed by atoms with van der Waals surface area (Å²) in [7, 11) is 1.55. The number of halogens is 1. The average Bonchev–Trinajstić information content (AvgIpc) is 2.39. The second-order valence-corrected chi connectivity index (χ2v) is 4.18. The lowest BCUT2D eigenvalue weighted by Crippen LogP contribution is -2.30. The van der Waals surface area contributed by atoms with E-state index >= 15 is 0 Å². The van der Waals surface area contributed by atoms with Gasteiger partial charge < -0.3 is 15.2 Å². The van der Waals surface area contributed by atoms with Crippen molar-refractivity contribution < 1.29 is 14.6 Å². The Morgan fingerprint density at radius 3 is 3.05 bits per heavy atom. The molecule has 0 fully saturated rings. The molecule has 1 aromatic heterocycles. The minimum absolute atomic E-state index is 0.128. The monoisotopic (exact) mass is 283 g/mol. The number of ether oxygens (including phenoxy) is 1. The molecule has 0 saturated carbocycles. The van der Waals surface area contributed by atoms with E-state index < -0.39 is 12.0 Å². The van der Waals surface area contributed by atoms with E-state index in [4.69, 9.17) is 26.7 Å². The lowest BCUT2D eigenvalue weighted by Gasteiger charge is -2.15. The molecule has 0 bridgehead atoms. The van der Waals surface area contributed by atoms with Crippen molar-refractivity contribution >= 4 is 23.4 Å². The van der Waals surface area contributed by atoms with Crippen LogP contribution in [0.5, 0.6) is 0 Å². The summed E-state index contributed by atoms with van der Waals surface area (Å²) in [5.74, 6) is -0.804. The molecule has 1 heterocycles. The number of hydrogen-bond acceptors (Lipinski definition) is 5. The van der Waals surface area contributed by atoms with E-state index in [-0.39, 0.29) is 16.4 Å². The summed E-state index contributed by atoms with van der Waals surface area (Å²) in [6, 6.07) is 2.55. The van der Waals surface area contributed by atoms with Gasteiger partial charge in [0.25, 0.3) is 0 Å². The number of nitriles is 1.